The minimum absolute atomic E-state index is 0.108. The van der Waals surface area contributed by atoms with Crippen molar-refractivity contribution in [2.75, 3.05) is 0 Å². The van der Waals surface area contributed by atoms with Gasteiger partial charge in [-0.3, -0.25) is 4.79 Å². The zero-order valence-electron chi connectivity index (χ0n) is 16.2. The van der Waals surface area contributed by atoms with Gasteiger partial charge in [0.1, 0.15) is 0 Å². The lowest BCUT2D eigenvalue weighted by molar-refractivity contribution is -0.120. The highest BCUT2D eigenvalue weighted by Crippen LogP contribution is 2.36. The minimum Gasteiger partial charge on any atom is -0.298 e. The molecule has 4 aromatic carbocycles. The van der Waals surface area contributed by atoms with Crippen LogP contribution in [0.3, 0.4) is 0 Å². The van der Waals surface area contributed by atoms with Crippen LogP contribution >= 0.6 is 23.2 Å². The molecule has 0 spiro atoms. The van der Waals surface area contributed by atoms with Crippen molar-refractivity contribution in [2.45, 2.75) is 11.8 Å². The van der Waals surface area contributed by atoms with Crippen molar-refractivity contribution in [1.82, 2.24) is 0 Å². The molecule has 0 radical (unpaired) electrons. The molecular formula is C27H20Cl2O. The number of benzene rings is 4. The fraction of sp³-hybridized carbons (Fsp3) is 0.0741. The van der Waals surface area contributed by atoms with Crippen molar-refractivity contribution >= 4 is 29.0 Å². The highest BCUT2D eigenvalue weighted by Gasteiger charge is 2.31. The van der Waals surface area contributed by atoms with E-state index in [0.717, 1.165) is 22.3 Å². The minimum atomic E-state index is -0.413. The van der Waals surface area contributed by atoms with Gasteiger partial charge in [-0.15, -0.1) is 0 Å². The summed E-state index contributed by atoms with van der Waals surface area (Å²) in [6.45, 7) is 0. The normalized spacial score (nSPS) is 12.9. The average molecular weight is 431 g/mol. The first-order valence-electron chi connectivity index (χ1n) is 9.78. The number of ketones is 1. The highest BCUT2D eigenvalue weighted by molar-refractivity contribution is 6.30. The molecule has 0 aromatic heterocycles. The van der Waals surface area contributed by atoms with E-state index in [9.17, 15) is 4.79 Å². The van der Waals surface area contributed by atoms with E-state index in [2.05, 4.69) is 0 Å². The molecular weight excluding hydrogens is 411 g/mol. The topological polar surface area (TPSA) is 17.1 Å². The van der Waals surface area contributed by atoms with Gasteiger partial charge in [0.2, 0.25) is 0 Å². The lowest BCUT2D eigenvalue weighted by Crippen LogP contribution is -2.23. The Labute approximate surface area is 186 Å². The molecule has 0 fully saturated rings. The predicted molar refractivity (Wildman–Crippen MR) is 124 cm³/mol. The molecule has 0 saturated heterocycles. The zero-order chi connectivity index (χ0) is 20.9. The standard InChI is InChI=1S/C27H20Cl2O/c28-23-15-11-21(12-16-23)25(19-7-3-1-4-8-19)27(30)26(20-9-5-2-6-10-20)22-13-17-24(29)18-14-22/h1-18,25-26H. The van der Waals surface area contributed by atoms with Crippen LogP contribution in [0.15, 0.2) is 109 Å². The number of halogens is 2. The third kappa shape index (κ3) is 4.48. The van der Waals surface area contributed by atoms with Crippen LogP contribution in [-0.2, 0) is 4.79 Å². The molecule has 0 heterocycles. The number of Topliss-reactive ketones (excluding diaryl/α,β-unsaturated/α-hetero) is 1. The summed E-state index contributed by atoms with van der Waals surface area (Å²) in [4.78, 5) is 14.1. The Balaban J connectivity index is 1.86. The molecule has 4 rings (SSSR count). The van der Waals surface area contributed by atoms with E-state index < -0.39 is 11.8 Å². The van der Waals surface area contributed by atoms with Crippen LogP contribution in [0.2, 0.25) is 10.0 Å². The molecule has 0 bridgehead atoms. The van der Waals surface area contributed by atoms with Gasteiger partial charge in [-0.2, -0.15) is 0 Å². The Morgan fingerprint density at radius 3 is 1.10 bits per heavy atom. The largest absolute Gasteiger partial charge is 0.298 e. The highest BCUT2D eigenvalue weighted by atomic mass is 35.5. The van der Waals surface area contributed by atoms with E-state index in [-0.39, 0.29) is 5.78 Å². The smallest absolute Gasteiger partial charge is 0.156 e. The Morgan fingerprint density at radius 2 is 0.767 bits per heavy atom. The molecule has 0 aliphatic rings. The van der Waals surface area contributed by atoms with Gasteiger partial charge < -0.3 is 0 Å². The molecule has 2 atom stereocenters. The maximum Gasteiger partial charge on any atom is 0.156 e. The third-order valence-electron chi connectivity index (χ3n) is 5.24. The van der Waals surface area contributed by atoms with Crippen molar-refractivity contribution in [3.8, 4) is 0 Å². The second kappa shape index (κ2) is 9.30. The van der Waals surface area contributed by atoms with Crippen molar-refractivity contribution in [1.29, 1.82) is 0 Å². The van der Waals surface area contributed by atoms with E-state index in [1.165, 1.54) is 0 Å². The van der Waals surface area contributed by atoms with Crippen molar-refractivity contribution in [3.05, 3.63) is 141 Å². The summed E-state index contributed by atoms with van der Waals surface area (Å²) in [6.07, 6.45) is 0. The summed E-state index contributed by atoms with van der Waals surface area (Å²) < 4.78 is 0. The maximum absolute atomic E-state index is 14.1. The lowest BCUT2D eigenvalue weighted by atomic mass is 9.77. The van der Waals surface area contributed by atoms with E-state index >= 15 is 0 Å². The van der Waals surface area contributed by atoms with E-state index in [0.29, 0.717) is 10.0 Å². The van der Waals surface area contributed by atoms with Gasteiger partial charge in [0, 0.05) is 10.0 Å². The van der Waals surface area contributed by atoms with E-state index in [4.69, 9.17) is 23.2 Å². The molecule has 1 nitrogen and oxygen atoms in total. The zero-order valence-corrected chi connectivity index (χ0v) is 17.7. The van der Waals surface area contributed by atoms with Crippen LogP contribution in [-0.4, -0.2) is 5.78 Å². The second-order valence-electron chi connectivity index (χ2n) is 7.19. The predicted octanol–water partition coefficient (Wildman–Crippen LogP) is 7.53. The van der Waals surface area contributed by atoms with Gasteiger partial charge in [0.05, 0.1) is 11.8 Å². The van der Waals surface area contributed by atoms with E-state index in [1.807, 2.05) is 109 Å². The first-order valence-corrected chi connectivity index (χ1v) is 10.5. The molecule has 148 valence electrons. The SMILES string of the molecule is O=C(C(c1ccccc1)c1ccc(Cl)cc1)C(c1ccccc1)c1ccc(Cl)cc1. The van der Waals surface area contributed by atoms with Gasteiger partial charge in [0.25, 0.3) is 0 Å². The summed E-state index contributed by atoms with van der Waals surface area (Å²) in [5, 5.41) is 1.30. The van der Waals surface area contributed by atoms with E-state index in [1.54, 1.807) is 0 Å². The van der Waals surface area contributed by atoms with Crippen LogP contribution in [0.4, 0.5) is 0 Å². The average Bonchev–Trinajstić information content (AvgIpc) is 2.78. The molecule has 3 heteroatoms. The molecule has 30 heavy (non-hydrogen) atoms. The molecule has 0 saturated carbocycles. The summed E-state index contributed by atoms with van der Waals surface area (Å²) in [6, 6.07) is 34.8. The number of hydrogen-bond acceptors (Lipinski definition) is 1. The summed E-state index contributed by atoms with van der Waals surface area (Å²) >= 11 is 12.2. The Hall–Kier alpha value is -2.87. The van der Waals surface area contributed by atoms with Crippen LogP contribution in [0, 0.1) is 0 Å². The maximum atomic E-state index is 14.1. The molecule has 0 aliphatic heterocycles. The summed E-state index contributed by atoms with van der Waals surface area (Å²) in [5.41, 5.74) is 3.76. The van der Waals surface area contributed by atoms with Gasteiger partial charge in [-0.25, -0.2) is 0 Å². The van der Waals surface area contributed by atoms with Crippen LogP contribution in [0.5, 0.6) is 0 Å². The van der Waals surface area contributed by atoms with Crippen molar-refractivity contribution in [3.63, 3.8) is 0 Å². The van der Waals surface area contributed by atoms with Gasteiger partial charge in [-0.1, -0.05) is 108 Å². The number of carbonyl (C=O) groups excluding carboxylic acids is 1. The number of carbonyl (C=O) groups is 1. The Morgan fingerprint density at radius 1 is 0.467 bits per heavy atom. The first kappa shape index (κ1) is 20.4. The molecule has 0 amide bonds. The molecule has 2 unspecified atom stereocenters. The quantitative estimate of drug-likeness (QED) is 0.308. The number of rotatable bonds is 6. The fourth-order valence-corrected chi connectivity index (χ4v) is 4.06. The lowest BCUT2D eigenvalue weighted by Gasteiger charge is -2.24. The van der Waals surface area contributed by atoms with Gasteiger partial charge >= 0.3 is 0 Å². The monoisotopic (exact) mass is 430 g/mol. The fourth-order valence-electron chi connectivity index (χ4n) is 3.81. The van der Waals surface area contributed by atoms with Crippen LogP contribution in [0.25, 0.3) is 0 Å². The van der Waals surface area contributed by atoms with Gasteiger partial charge in [0.15, 0.2) is 5.78 Å². The number of hydrogen-bond donors (Lipinski definition) is 0. The van der Waals surface area contributed by atoms with Crippen molar-refractivity contribution < 1.29 is 4.79 Å². The summed E-state index contributed by atoms with van der Waals surface area (Å²) in [5.74, 6) is -0.717. The molecule has 4 aromatic rings. The first-order chi connectivity index (χ1) is 14.6. The third-order valence-corrected chi connectivity index (χ3v) is 5.75. The van der Waals surface area contributed by atoms with Crippen LogP contribution < -0.4 is 0 Å². The van der Waals surface area contributed by atoms with Crippen molar-refractivity contribution in [2.24, 2.45) is 0 Å². The molecule has 0 N–H and O–H groups in total. The Kier molecular flexibility index (Phi) is 6.32. The van der Waals surface area contributed by atoms with Gasteiger partial charge in [-0.05, 0) is 46.5 Å². The Bertz CT molecular complexity index is 1010. The second-order valence-corrected chi connectivity index (χ2v) is 8.07. The molecule has 0 aliphatic carbocycles. The summed E-state index contributed by atoms with van der Waals surface area (Å²) in [7, 11) is 0. The van der Waals surface area contributed by atoms with Crippen LogP contribution in [0.1, 0.15) is 34.1 Å².